The maximum Gasteiger partial charge on any atom is 0.227 e. The lowest BCUT2D eigenvalue weighted by atomic mass is 10.2. The second-order valence-electron chi connectivity index (χ2n) is 7.14. The lowest BCUT2D eigenvalue weighted by Crippen LogP contribution is -2.47. The topological polar surface area (TPSA) is 44.3 Å². The summed E-state index contributed by atoms with van der Waals surface area (Å²) in [6.45, 7) is 7.84. The first-order valence-corrected chi connectivity index (χ1v) is 9.89. The quantitative estimate of drug-likeness (QED) is 0.688. The Morgan fingerprint density at radius 2 is 1.61 bits per heavy atom. The molecule has 3 aromatic rings. The molecule has 1 aliphatic rings. The molecule has 0 spiro atoms. The lowest BCUT2D eigenvalue weighted by Gasteiger charge is -2.36. The smallest absolute Gasteiger partial charge is 0.227 e. The van der Waals surface area contributed by atoms with E-state index in [1.165, 1.54) is 11.3 Å². The monoisotopic (exact) mass is 393 g/mol. The van der Waals surface area contributed by atoms with Crippen molar-refractivity contribution in [2.24, 2.45) is 0 Å². The molecule has 4 rings (SSSR count). The first kappa shape index (κ1) is 18.6. The van der Waals surface area contributed by atoms with Gasteiger partial charge in [0, 0.05) is 54.3 Å². The normalized spacial score (nSPS) is 14.2. The Labute approximate surface area is 171 Å². The lowest BCUT2D eigenvalue weighted by molar-refractivity contribution is 0.639. The average molecular weight is 394 g/mol. The molecule has 0 saturated carbocycles. The van der Waals surface area contributed by atoms with E-state index in [9.17, 15) is 0 Å². The molecular formula is C22H24ClN5. The van der Waals surface area contributed by atoms with Crippen molar-refractivity contribution in [3.63, 3.8) is 0 Å². The highest BCUT2D eigenvalue weighted by atomic mass is 35.5. The fraction of sp³-hybridized carbons (Fsp3) is 0.273. The fourth-order valence-corrected chi connectivity index (χ4v) is 3.65. The van der Waals surface area contributed by atoms with E-state index in [1.54, 1.807) is 0 Å². The molecule has 0 bridgehead atoms. The summed E-state index contributed by atoms with van der Waals surface area (Å²) in [4.78, 5) is 14.1. The minimum atomic E-state index is 0.697. The number of hydrogen-bond acceptors (Lipinski definition) is 5. The van der Waals surface area contributed by atoms with Crippen LogP contribution in [0.3, 0.4) is 0 Å². The number of anilines is 4. The van der Waals surface area contributed by atoms with Crippen LogP contribution in [0.2, 0.25) is 5.02 Å². The number of nitrogens with one attached hydrogen (secondary N) is 1. The van der Waals surface area contributed by atoms with E-state index in [2.05, 4.69) is 51.3 Å². The highest BCUT2D eigenvalue weighted by Gasteiger charge is 2.20. The summed E-state index contributed by atoms with van der Waals surface area (Å²) >= 11 is 6.08. The summed E-state index contributed by atoms with van der Waals surface area (Å²) in [5, 5.41) is 4.03. The van der Waals surface area contributed by atoms with Crippen LogP contribution in [-0.2, 0) is 0 Å². The van der Waals surface area contributed by atoms with Gasteiger partial charge in [-0.3, -0.25) is 0 Å². The highest BCUT2D eigenvalue weighted by Crippen LogP contribution is 2.23. The van der Waals surface area contributed by atoms with E-state index >= 15 is 0 Å². The van der Waals surface area contributed by atoms with E-state index in [4.69, 9.17) is 16.6 Å². The summed E-state index contributed by atoms with van der Waals surface area (Å²) in [6.07, 6.45) is 0. The molecule has 0 unspecified atom stereocenters. The Morgan fingerprint density at radius 1 is 0.857 bits per heavy atom. The average Bonchev–Trinajstić information content (AvgIpc) is 2.68. The Morgan fingerprint density at radius 3 is 2.36 bits per heavy atom. The Bertz CT molecular complexity index is 967. The molecule has 1 aliphatic heterocycles. The van der Waals surface area contributed by atoms with Gasteiger partial charge < -0.3 is 15.1 Å². The maximum absolute atomic E-state index is 6.08. The molecule has 0 atom stereocenters. The summed E-state index contributed by atoms with van der Waals surface area (Å²) in [5.41, 5.74) is 4.43. The molecule has 28 heavy (non-hydrogen) atoms. The van der Waals surface area contributed by atoms with Crippen molar-refractivity contribution in [1.29, 1.82) is 0 Å². The van der Waals surface area contributed by atoms with Crippen LogP contribution in [0.1, 0.15) is 11.3 Å². The van der Waals surface area contributed by atoms with E-state index in [1.807, 2.05) is 37.3 Å². The molecule has 1 aromatic heterocycles. The van der Waals surface area contributed by atoms with Crippen LogP contribution in [0.4, 0.5) is 23.1 Å². The van der Waals surface area contributed by atoms with Gasteiger partial charge in [0.25, 0.3) is 0 Å². The summed E-state index contributed by atoms with van der Waals surface area (Å²) < 4.78 is 0. The van der Waals surface area contributed by atoms with Crippen LogP contribution in [-0.4, -0.2) is 36.1 Å². The zero-order chi connectivity index (χ0) is 19.5. The summed E-state index contributed by atoms with van der Waals surface area (Å²) in [7, 11) is 0. The Hall–Kier alpha value is -2.79. The van der Waals surface area contributed by atoms with Crippen molar-refractivity contribution in [3.8, 4) is 0 Å². The van der Waals surface area contributed by atoms with Gasteiger partial charge in [-0.2, -0.15) is 4.98 Å². The number of aryl methyl sites for hydroxylation is 2. The van der Waals surface area contributed by atoms with Gasteiger partial charge in [0.2, 0.25) is 5.95 Å². The van der Waals surface area contributed by atoms with Crippen molar-refractivity contribution in [2.45, 2.75) is 13.8 Å². The molecule has 2 heterocycles. The predicted molar refractivity (Wildman–Crippen MR) is 117 cm³/mol. The number of hydrogen-bond donors (Lipinski definition) is 1. The van der Waals surface area contributed by atoms with Crippen molar-refractivity contribution in [1.82, 2.24) is 9.97 Å². The number of benzene rings is 2. The van der Waals surface area contributed by atoms with Gasteiger partial charge in [0.1, 0.15) is 5.82 Å². The summed E-state index contributed by atoms with van der Waals surface area (Å²) in [5.74, 6) is 1.55. The molecule has 0 aliphatic carbocycles. The summed E-state index contributed by atoms with van der Waals surface area (Å²) in [6, 6.07) is 18.3. The van der Waals surface area contributed by atoms with Crippen LogP contribution in [0.25, 0.3) is 0 Å². The minimum Gasteiger partial charge on any atom is -0.368 e. The van der Waals surface area contributed by atoms with Crippen molar-refractivity contribution < 1.29 is 0 Å². The zero-order valence-electron chi connectivity index (χ0n) is 16.2. The molecule has 0 amide bonds. The standard InChI is InChI=1S/C22H24ClN5/c1-16-5-3-8-20(13-16)27-9-11-28(12-10-27)22-24-17(2)14-21(26-22)25-19-7-4-6-18(23)15-19/h3-8,13-15H,9-12H2,1-2H3,(H,24,25,26). The molecule has 144 valence electrons. The Kier molecular flexibility index (Phi) is 5.35. The van der Waals surface area contributed by atoms with E-state index in [0.717, 1.165) is 49.3 Å². The third-order valence-corrected chi connectivity index (χ3v) is 5.10. The first-order valence-electron chi connectivity index (χ1n) is 9.52. The van der Waals surface area contributed by atoms with Crippen LogP contribution < -0.4 is 15.1 Å². The van der Waals surface area contributed by atoms with Gasteiger partial charge in [0.15, 0.2) is 0 Å². The Balaban J connectivity index is 1.47. The van der Waals surface area contributed by atoms with Crippen LogP contribution >= 0.6 is 11.6 Å². The van der Waals surface area contributed by atoms with Crippen LogP contribution in [0.5, 0.6) is 0 Å². The third kappa shape index (κ3) is 4.37. The fourth-order valence-electron chi connectivity index (χ4n) is 3.46. The third-order valence-electron chi connectivity index (χ3n) is 4.87. The van der Waals surface area contributed by atoms with Gasteiger partial charge in [-0.25, -0.2) is 4.98 Å². The zero-order valence-corrected chi connectivity index (χ0v) is 16.9. The van der Waals surface area contributed by atoms with Crippen molar-refractivity contribution in [2.75, 3.05) is 41.3 Å². The molecule has 5 nitrogen and oxygen atoms in total. The number of aromatic nitrogens is 2. The number of halogens is 1. The van der Waals surface area contributed by atoms with Crippen LogP contribution in [0, 0.1) is 13.8 Å². The highest BCUT2D eigenvalue weighted by molar-refractivity contribution is 6.30. The molecule has 1 N–H and O–H groups in total. The van der Waals surface area contributed by atoms with Crippen molar-refractivity contribution >= 4 is 34.7 Å². The van der Waals surface area contributed by atoms with Gasteiger partial charge in [-0.05, 0) is 49.7 Å². The van der Waals surface area contributed by atoms with E-state index in [-0.39, 0.29) is 0 Å². The van der Waals surface area contributed by atoms with Crippen LogP contribution in [0.15, 0.2) is 54.6 Å². The van der Waals surface area contributed by atoms with Gasteiger partial charge in [0.05, 0.1) is 0 Å². The number of rotatable bonds is 4. The molecule has 0 radical (unpaired) electrons. The number of nitrogens with zero attached hydrogens (tertiary/aromatic N) is 4. The maximum atomic E-state index is 6.08. The molecule has 1 saturated heterocycles. The number of piperazine rings is 1. The van der Waals surface area contributed by atoms with Gasteiger partial charge in [-0.15, -0.1) is 0 Å². The molecular weight excluding hydrogens is 370 g/mol. The molecule has 1 fully saturated rings. The van der Waals surface area contributed by atoms with Gasteiger partial charge in [-0.1, -0.05) is 29.8 Å². The minimum absolute atomic E-state index is 0.697. The van der Waals surface area contributed by atoms with E-state index in [0.29, 0.717) is 5.02 Å². The molecule has 6 heteroatoms. The molecule has 2 aromatic carbocycles. The van der Waals surface area contributed by atoms with Crippen molar-refractivity contribution in [3.05, 3.63) is 70.9 Å². The van der Waals surface area contributed by atoms with E-state index < -0.39 is 0 Å². The second kappa shape index (κ2) is 8.07. The second-order valence-corrected chi connectivity index (χ2v) is 7.58. The first-order chi connectivity index (χ1) is 13.6. The predicted octanol–water partition coefficient (Wildman–Crippen LogP) is 4.82. The van der Waals surface area contributed by atoms with Gasteiger partial charge >= 0.3 is 0 Å². The SMILES string of the molecule is Cc1cccc(N2CCN(c3nc(C)cc(Nc4cccc(Cl)c4)n3)CC2)c1. The largest absolute Gasteiger partial charge is 0.368 e.